The number of nitrogens with one attached hydrogen (secondary N) is 1. The first kappa shape index (κ1) is 17.2. The molecule has 1 saturated heterocycles. The molecule has 2 aliphatic rings. The molecule has 5 rings (SSSR count). The highest BCUT2D eigenvalue weighted by Gasteiger charge is 2.31. The van der Waals surface area contributed by atoms with E-state index < -0.39 is 0 Å². The summed E-state index contributed by atoms with van der Waals surface area (Å²) < 4.78 is 7.69. The van der Waals surface area contributed by atoms with Gasteiger partial charge in [0.2, 0.25) is 0 Å². The lowest BCUT2D eigenvalue weighted by Crippen LogP contribution is -2.48. The smallest absolute Gasteiger partial charge is 0.410 e. The minimum absolute atomic E-state index is 0.248. The number of amides is 1. The number of hydrogen-bond donors (Lipinski definition) is 1. The zero-order chi connectivity index (χ0) is 19.3. The topological polar surface area (TPSA) is 71.8 Å². The fourth-order valence-corrected chi connectivity index (χ4v) is 4.18. The van der Waals surface area contributed by atoms with Crippen LogP contribution in [0.1, 0.15) is 29.8 Å². The van der Waals surface area contributed by atoms with Crippen molar-refractivity contribution in [3.63, 3.8) is 0 Å². The van der Waals surface area contributed by atoms with Gasteiger partial charge >= 0.3 is 6.09 Å². The first-order chi connectivity index (χ1) is 13.6. The minimum Gasteiger partial charge on any atom is -0.410 e. The molecular formula is C21H23N5O2. The molecule has 4 heterocycles. The number of aryl methyl sites for hydroxylation is 2. The Labute approximate surface area is 163 Å². The molecule has 1 N–H and O–H groups in total. The molecule has 1 amide bonds. The molecule has 7 nitrogen and oxygen atoms in total. The summed E-state index contributed by atoms with van der Waals surface area (Å²) in [4.78, 5) is 23.7. The number of nitrogens with zero attached hydrogens (tertiary/aromatic N) is 4. The molecule has 144 valence electrons. The second kappa shape index (κ2) is 6.60. The number of carbonyl (C=O) groups is 1. The van der Waals surface area contributed by atoms with E-state index in [0.717, 1.165) is 59.8 Å². The SMILES string of the molecule is Cc1cn2cc(-c3ccc4c(c3)OC(=O)N(C3CCNCC3)C4)nc2c(C)n1. The molecule has 0 aliphatic carbocycles. The molecule has 0 spiro atoms. The first-order valence-corrected chi connectivity index (χ1v) is 9.74. The number of piperidine rings is 1. The monoisotopic (exact) mass is 377 g/mol. The Morgan fingerprint density at radius 2 is 1.96 bits per heavy atom. The summed E-state index contributed by atoms with van der Waals surface area (Å²) >= 11 is 0. The normalized spacial score (nSPS) is 17.6. The van der Waals surface area contributed by atoms with Crippen molar-refractivity contribution in [3.05, 3.63) is 47.5 Å². The third-order valence-corrected chi connectivity index (χ3v) is 5.61. The largest absolute Gasteiger partial charge is 0.415 e. The quantitative estimate of drug-likeness (QED) is 0.743. The maximum atomic E-state index is 12.6. The lowest BCUT2D eigenvalue weighted by atomic mass is 10.0. The van der Waals surface area contributed by atoms with Crippen molar-refractivity contribution >= 4 is 11.7 Å². The molecule has 1 fully saturated rings. The van der Waals surface area contributed by atoms with E-state index in [1.165, 1.54) is 0 Å². The zero-order valence-corrected chi connectivity index (χ0v) is 16.1. The number of carbonyl (C=O) groups excluding carboxylic acids is 1. The van der Waals surface area contributed by atoms with E-state index in [-0.39, 0.29) is 12.1 Å². The van der Waals surface area contributed by atoms with Crippen molar-refractivity contribution < 1.29 is 9.53 Å². The Kier molecular flexibility index (Phi) is 4.05. The van der Waals surface area contributed by atoms with Gasteiger partial charge in [-0.15, -0.1) is 0 Å². The van der Waals surface area contributed by atoms with Gasteiger partial charge in [-0.05, 0) is 45.8 Å². The molecule has 28 heavy (non-hydrogen) atoms. The van der Waals surface area contributed by atoms with E-state index in [0.29, 0.717) is 12.3 Å². The second-order valence-electron chi connectivity index (χ2n) is 7.62. The highest BCUT2D eigenvalue weighted by atomic mass is 16.6. The second-order valence-corrected chi connectivity index (χ2v) is 7.62. The van der Waals surface area contributed by atoms with Crippen molar-refractivity contribution in [1.82, 2.24) is 24.6 Å². The van der Waals surface area contributed by atoms with Crippen LogP contribution in [0.3, 0.4) is 0 Å². The number of benzene rings is 1. The molecule has 2 aliphatic heterocycles. The summed E-state index contributed by atoms with van der Waals surface area (Å²) in [6.07, 6.45) is 5.65. The van der Waals surface area contributed by atoms with Crippen LogP contribution in [-0.4, -0.2) is 44.5 Å². The van der Waals surface area contributed by atoms with Gasteiger partial charge in [0.1, 0.15) is 5.75 Å². The maximum absolute atomic E-state index is 12.6. The number of aromatic nitrogens is 3. The van der Waals surface area contributed by atoms with Gasteiger partial charge in [0.25, 0.3) is 0 Å². The van der Waals surface area contributed by atoms with Gasteiger partial charge < -0.3 is 19.4 Å². The zero-order valence-electron chi connectivity index (χ0n) is 16.1. The average Bonchev–Trinajstić information content (AvgIpc) is 3.12. The van der Waals surface area contributed by atoms with Crippen LogP contribution in [0, 0.1) is 13.8 Å². The number of hydrogen-bond acceptors (Lipinski definition) is 5. The van der Waals surface area contributed by atoms with Crippen LogP contribution in [0.5, 0.6) is 5.75 Å². The van der Waals surface area contributed by atoms with Crippen molar-refractivity contribution in [2.75, 3.05) is 13.1 Å². The molecule has 0 atom stereocenters. The first-order valence-electron chi connectivity index (χ1n) is 9.74. The molecule has 2 aromatic heterocycles. The molecule has 1 aromatic carbocycles. The fourth-order valence-electron chi connectivity index (χ4n) is 4.18. The van der Waals surface area contributed by atoms with Gasteiger partial charge in [-0.25, -0.2) is 9.78 Å². The third-order valence-electron chi connectivity index (χ3n) is 5.61. The van der Waals surface area contributed by atoms with Crippen LogP contribution in [0.2, 0.25) is 0 Å². The van der Waals surface area contributed by atoms with E-state index >= 15 is 0 Å². The van der Waals surface area contributed by atoms with Gasteiger partial charge in [0.15, 0.2) is 5.65 Å². The van der Waals surface area contributed by atoms with Crippen molar-refractivity contribution in [2.24, 2.45) is 0 Å². The Balaban J connectivity index is 1.46. The highest BCUT2D eigenvalue weighted by molar-refractivity contribution is 5.76. The van der Waals surface area contributed by atoms with Crippen LogP contribution in [0.25, 0.3) is 16.9 Å². The summed E-state index contributed by atoms with van der Waals surface area (Å²) in [5.41, 5.74) is 5.50. The Hall–Kier alpha value is -2.93. The van der Waals surface area contributed by atoms with Crippen LogP contribution < -0.4 is 10.1 Å². The van der Waals surface area contributed by atoms with Crippen molar-refractivity contribution in [3.8, 4) is 17.0 Å². The van der Waals surface area contributed by atoms with Crippen molar-refractivity contribution in [1.29, 1.82) is 0 Å². The van der Waals surface area contributed by atoms with Gasteiger partial charge in [-0.1, -0.05) is 12.1 Å². The molecule has 7 heteroatoms. The van der Waals surface area contributed by atoms with E-state index in [1.807, 2.05) is 47.7 Å². The summed E-state index contributed by atoms with van der Waals surface area (Å²) in [5.74, 6) is 0.635. The molecule has 0 unspecified atom stereocenters. The minimum atomic E-state index is -0.248. The lowest BCUT2D eigenvalue weighted by Gasteiger charge is -2.36. The van der Waals surface area contributed by atoms with Gasteiger partial charge in [0, 0.05) is 29.6 Å². The van der Waals surface area contributed by atoms with Crippen molar-refractivity contribution in [2.45, 2.75) is 39.3 Å². The molecule has 0 saturated carbocycles. The summed E-state index contributed by atoms with van der Waals surface area (Å²) in [6, 6.07) is 6.27. The summed E-state index contributed by atoms with van der Waals surface area (Å²) in [5, 5.41) is 3.34. The number of ether oxygens (including phenoxy) is 1. The van der Waals surface area contributed by atoms with Crippen LogP contribution in [0.15, 0.2) is 30.6 Å². The summed E-state index contributed by atoms with van der Waals surface area (Å²) in [6.45, 7) is 6.43. The molecular weight excluding hydrogens is 354 g/mol. The standard InChI is InChI=1S/C21H23N5O2/c1-13-10-25-12-18(24-20(25)14(2)23-13)15-3-4-16-11-26(17-5-7-22-8-6-17)21(27)28-19(16)9-15/h3-4,9-10,12,17,22H,5-8,11H2,1-2H3. The van der Waals surface area contributed by atoms with Crippen LogP contribution in [0.4, 0.5) is 4.79 Å². The van der Waals surface area contributed by atoms with Gasteiger partial charge in [0.05, 0.1) is 23.6 Å². The lowest BCUT2D eigenvalue weighted by molar-refractivity contribution is 0.104. The molecule has 0 bridgehead atoms. The number of imidazole rings is 1. The number of rotatable bonds is 2. The Morgan fingerprint density at radius 3 is 2.79 bits per heavy atom. The molecule has 0 radical (unpaired) electrons. The number of fused-ring (bicyclic) bond motifs is 2. The maximum Gasteiger partial charge on any atom is 0.415 e. The predicted molar refractivity (Wildman–Crippen MR) is 105 cm³/mol. The molecule has 3 aromatic rings. The average molecular weight is 377 g/mol. The van der Waals surface area contributed by atoms with E-state index in [1.54, 1.807) is 0 Å². The Bertz CT molecular complexity index is 1070. The van der Waals surface area contributed by atoms with Crippen LogP contribution in [-0.2, 0) is 6.54 Å². The fraction of sp³-hybridized carbons (Fsp3) is 0.381. The van der Waals surface area contributed by atoms with E-state index in [9.17, 15) is 4.79 Å². The third kappa shape index (κ3) is 2.92. The van der Waals surface area contributed by atoms with Crippen LogP contribution >= 0.6 is 0 Å². The highest BCUT2D eigenvalue weighted by Crippen LogP contribution is 2.33. The van der Waals surface area contributed by atoms with E-state index in [4.69, 9.17) is 9.72 Å². The Morgan fingerprint density at radius 1 is 1.14 bits per heavy atom. The summed E-state index contributed by atoms with van der Waals surface area (Å²) in [7, 11) is 0. The van der Waals surface area contributed by atoms with E-state index in [2.05, 4.69) is 16.4 Å². The van der Waals surface area contributed by atoms with Gasteiger partial charge in [-0.3, -0.25) is 4.98 Å². The predicted octanol–water partition coefficient (Wildman–Crippen LogP) is 3.08. The van der Waals surface area contributed by atoms with Gasteiger partial charge in [-0.2, -0.15) is 0 Å².